The fourth-order valence-electron chi connectivity index (χ4n) is 2.11. The fourth-order valence-corrected chi connectivity index (χ4v) is 2.11. The average Bonchev–Trinajstić information content (AvgIpc) is 2.42. The zero-order valence-electron chi connectivity index (χ0n) is 11.4. The Morgan fingerprint density at radius 2 is 1.63 bits per heavy atom. The molecule has 1 rings (SSSR count). The molecule has 6 nitrogen and oxygen atoms in total. The van der Waals surface area contributed by atoms with Gasteiger partial charge in [-0.05, 0) is 6.42 Å². The Bertz CT molecular complexity index is 235. The van der Waals surface area contributed by atoms with Crippen molar-refractivity contribution in [3.05, 3.63) is 0 Å². The fraction of sp³-hybridized carbons (Fsp3) is 1.00. The van der Waals surface area contributed by atoms with E-state index in [1.807, 2.05) is 0 Å². The van der Waals surface area contributed by atoms with Crippen molar-refractivity contribution in [2.75, 3.05) is 13.2 Å². The number of hydrogen-bond donors (Lipinski definition) is 4. The Balaban J connectivity index is 2.28. The first-order valence-electron chi connectivity index (χ1n) is 7.04. The molecule has 0 bridgehead atoms. The number of unbranched alkanes of at least 4 members (excludes halogenated alkanes) is 4. The first kappa shape index (κ1) is 16.8. The first-order valence-corrected chi connectivity index (χ1v) is 7.04. The molecule has 114 valence electrons. The Hall–Kier alpha value is -0.240. The minimum absolute atomic E-state index is 0.423. The van der Waals surface area contributed by atoms with Crippen LogP contribution in [0, 0.1) is 0 Å². The minimum atomic E-state index is -1.36. The third kappa shape index (κ3) is 4.98. The molecule has 19 heavy (non-hydrogen) atoms. The van der Waals surface area contributed by atoms with Crippen LogP contribution in [0.3, 0.4) is 0 Å². The summed E-state index contributed by atoms with van der Waals surface area (Å²) in [5.74, 6) is 0. The van der Waals surface area contributed by atoms with Gasteiger partial charge in [-0.1, -0.05) is 32.6 Å². The van der Waals surface area contributed by atoms with Gasteiger partial charge in [0.15, 0.2) is 6.29 Å². The highest BCUT2D eigenvalue weighted by atomic mass is 16.7. The molecule has 0 aromatic carbocycles. The van der Waals surface area contributed by atoms with E-state index in [4.69, 9.17) is 14.6 Å². The molecule has 4 N–H and O–H groups in total. The number of aliphatic hydroxyl groups excluding tert-OH is 4. The lowest BCUT2D eigenvalue weighted by Gasteiger charge is -2.39. The Kier molecular flexibility index (Phi) is 7.82. The quantitative estimate of drug-likeness (QED) is 0.458. The molecule has 0 saturated carbocycles. The van der Waals surface area contributed by atoms with Gasteiger partial charge >= 0.3 is 0 Å². The molecule has 6 heteroatoms. The van der Waals surface area contributed by atoms with Gasteiger partial charge in [0.25, 0.3) is 0 Å². The van der Waals surface area contributed by atoms with Gasteiger partial charge < -0.3 is 29.9 Å². The molecular formula is C13H26O6. The van der Waals surface area contributed by atoms with E-state index in [9.17, 15) is 15.3 Å². The van der Waals surface area contributed by atoms with Gasteiger partial charge in [0.05, 0.1) is 6.61 Å². The third-order valence-electron chi connectivity index (χ3n) is 3.38. The molecule has 0 aliphatic carbocycles. The van der Waals surface area contributed by atoms with Crippen molar-refractivity contribution < 1.29 is 29.9 Å². The predicted molar refractivity (Wildman–Crippen MR) is 68.5 cm³/mol. The van der Waals surface area contributed by atoms with Crippen LogP contribution in [0.2, 0.25) is 0 Å². The largest absolute Gasteiger partial charge is 0.394 e. The molecule has 1 heterocycles. The maximum absolute atomic E-state index is 9.72. The van der Waals surface area contributed by atoms with Crippen LogP contribution in [-0.2, 0) is 9.47 Å². The van der Waals surface area contributed by atoms with E-state index >= 15 is 0 Å². The topological polar surface area (TPSA) is 99.4 Å². The maximum Gasteiger partial charge on any atom is 0.186 e. The number of hydrogen-bond acceptors (Lipinski definition) is 6. The van der Waals surface area contributed by atoms with E-state index < -0.39 is 37.3 Å². The number of rotatable bonds is 8. The zero-order valence-corrected chi connectivity index (χ0v) is 11.4. The highest BCUT2D eigenvalue weighted by Crippen LogP contribution is 2.22. The lowest BCUT2D eigenvalue weighted by molar-refractivity contribution is -0.301. The van der Waals surface area contributed by atoms with Crippen molar-refractivity contribution in [2.24, 2.45) is 0 Å². The summed E-state index contributed by atoms with van der Waals surface area (Å²) >= 11 is 0. The molecule has 0 unspecified atom stereocenters. The summed E-state index contributed by atoms with van der Waals surface area (Å²) in [5, 5.41) is 37.9. The van der Waals surface area contributed by atoms with Crippen molar-refractivity contribution in [3.8, 4) is 0 Å². The van der Waals surface area contributed by atoms with Crippen LogP contribution < -0.4 is 0 Å². The van der Waals surface area contributed by atoms with Crippen LogP contribution in [0.25, 0.3) is 0 Å². The number of ether oxygens (including phenoxy) is 2. The number of aliphatic hydroxyl groups is 4. The second-order valence-electron chi connectivity index (χ2n) is 4.98. The van der Waals surface area contributed by atoms with Crippen LogP contribution in [0.15, 0.2) is 0 Å². The van der Waals surface area contributed by atoms with Crippen molar-refractivity contribution >= 4 is 0 Å². The van der Waals surface area contributed by atoms with Gasteiger partial charge in [-0.15, -0.1) is 0 Å². The van der Waals surface area contributed by atoms with Crippen LogP contribution in [0.5, 0.6) is 0 Å². The van der Waals surface area contributed by atoms with Crippen LogP contribution in [0.1, 0.15) is 39.0 Å². The normalized spacial score (nSPS) is 35.5. The summed E-state index contributed by atoms with van der Waals surface area (Å²) in [6.07, 6.45) is -0.471. The SMILES string of the molecule is CCCCCCCO[C@@H]1O[C@H](CO)[C@H](O)[C@H](O)[C@H]1O. The Morgan fingerprint density at radius 3 is 2.26 bits per heavy atom. The third-order valence-corrected chi connectivity index (χ3v) is 3.38. The van der Waals surface area contributed by atoms with E-state index in [2.05, 4.69) is 6.92 Å². The van der Waals surface area contributed by atoms with Gasteiger partial charge in [-0.25, -0.2) is 0 Å². The second kappa shape index (κ2) is 8.84. The zero-order chi connectivity index (χ0) is 14.3. The predicted octanol–water partition coefficient (Wildman–Crippen LogP) is -0.227. The summed E-state index contributed by atoms with van der Waals surface area (Å²) < 4.78 is 10.6. The molecule has 1 aliphatic rings. The standard InChI is InChI=1S/C13H26O6/c1-2-3-4-5-6-7-18-13-12(17)11(16)10(15)9(8-14)19-13/h9-17H,2-8H2,1H3/t9-,10+,11+,12-,13-/m1/s1. The highest BCUT2D eigenvalue weighted by Gasteiger charge is 2.43. The monoisotopic (exact) mass is 278 g/mol. The Labute approximate surface area is 114 Å². The first-order chi connectivity index (χ1) is 9.11. The van der Waals surface area contributed by atoms with Crippen LogP contribution in [0.4, 0.5) is 0 Å². The van der Waals surface area contributed by atoms with Crippen LogP contribution >= 0.6 is 0 Å². The maximum atomic E-state index is 9.72. The lowest BCUT2D eigenvalue weighted by Crippen LogP contribution is -2.59. The molecule has 0 aromatic heterocycles. The van der Waals surface area contributed by atoms with E-state index in [1.165, 1.54) is 12.8 Å². The van der Waals surface area contributed by atoms with Crippen molar-refractivity contribution in [1.29, 1.82) is 0 Å². The molecule has 1 saturated heterocycles. The lowest BCUT2D eigenvalue weighted by atomic mass is 9.99. The molecule has 0 amide bonds. The molecule has 0 spiro atoms. The summed E-state index contributed by atoms with van der Waals surface area (Å²) in [6, 6.07) is 0. The van der Waals surface area contributed by atoms with Crippen molar-refractivity contribution in [1.82, 2.24) is 0 Å². The highest BCUT2D eigenvalue weighted by molar-refractivity contribution is 4.88. The Morgan fingerprint density at radius 1 is 0.947 bits per heavy atom. The summed E-state index contributed by atoms with van der Waals surface area (Å²) in [6.45, 7) is 2.14. The summed E-state index contributed by atoms with van der Waals surface area (Å²) in [4.78, 5) is 0. The van der Waals surface area contributed by atoms with Gasteiger partial charge in [0.1, 0.15) is 24.4 Å². The van der Waals surface area contributed by atoms with Crippen molar-refractivity contribution in [3.63, 3.8) is 0 Å². The summed E-state index contributed by atoms with van der Waals surface area (Å²) in [5.41, 5.74) is 0. The smallest absolute Gasteiger partial charge is 0.186 e. The molecule has 0 radical (unpaired) electrons. The molecular weight excluding hydrogens is 252 g/mol. The van der Waals surface area contributed by atoms with E-state index in [0.717, 1.165) is 19.3 Å². The second-order valence-corrected chi connectivity index (χ2v) is 4.98. The van der Waals surface area contributed by atoms with E-state index in [0.29, 0.717) is 6.61 Å². The minimum Gasteiger partial charge on any atom is -0.394 e. The summed E-state index contributed by atoms with van der Waals surface area (Å²) in [7, 11) is 0. The molecule has 5 atom stereocenters. The molecule has 0 aromatic rings. The van der Waals surface area contributed by atoms with Gasteiger partial charge in [-0.2, -0.15) is 0 Å². The molecule has 1 fully saturated rings. The van der Waals surface area contributed by atoms with E-state index in [1.54, 1.807) is 0 Å². The van der Waals surface area contributed by atoms with Crippen molar-refractivity contribution in [2.45, 2.75) is 69.7 Å². The average molecular weight is 278 g/mol. The molecule has 1 aliphatic heterocycles. The van der Waals surface area contributed by atoms with E-state index in [-0.39, 0.29) is 0 Å². The van der Waals surface area contributed by atoms with Gasteiger partial charge in [-0.3, -0.25) is 0 Å². The van der Waals surface area contributed by atoms with Crippen LogP contribution in [-0.4, -0.2) is 64.3 Å². The van der Waals surface area contributed by atoms with Gasteiger partial charge in [0.2, 0.25) is 0 Å². The van der Waals surface area contributed by atoms with Gasteiger partial charge in [0, 0.05) is 6.61 Å².